The van der Waals surface area contributed by atoms with E-state index in [-0.39, 0.29) is 3.92 Å². The van der Waals surface area contributed by atoms with Gasteiger partial charge in [-0.2, -0.15) is 0 Å². The largest absolute Gasteiger partial charge is 0.444 e. The molecule has 2 aliphatic carbocycles. The summed E-state index contributed by atoms with van der Waals surface area (Å²) in [5.74, 6) is -0.681. The van der Waals surface area contributed by atoms with Gasteiger partial charge in [0.05, 0.1) is 5.25 Å². The lowest BCUT2D eigenvalue weighted by atomic mass is 10.2. The number of alkyl carbamates (subject to hydrolysis) is 1. The van der Waals surface area contributed by atoms with Crippen LogP contribution < -0.4 is 10.0 Å². The summed E-state index contributed by atoms with van der Waals surface area (Å²) in [5.41, 5.74) is -1.87. The van der Waals surface area contributed by atoms with Crippen LogP contribution in [0.1, 0.15) is 40.0 Å². The molecule has 0 bridgehead atoms. The number of sulfonamides is 1. The van der Waals surface area contributed by atoms with Crippen molar-refractivity contribution in [2.24, 2.45) is 0 Å². The molecule has 2 saturated carbocycles. The minimum Gasteiger partial charge on any atom is -0.444 e. The first-order valence-electron chi connectivity index (χ1n) is 6.67. The Morgan fingerprint density at radius 2 is 1.81 bits per heavy atom. The van der Waals surface area contributed by atoms with Crippen molar-refractivity contribution in [1.29, 1.82) is 0 Å². The highest BCUT2D eigenvalue weighted by Crippen LogP contribution is 2.44. The Bertz CT molecular complexity index is 567. The quantitative estimate of drug-likeness (QED) is 0.513. The molecule has 9 heteroatoms. The van der Waals surface area contributed by atoms with Crippen molar-refractivity contribution in [2.75, 3.05) is 0 Å². The Labute approximate surface area is 137 Å². The smallest absolute Gasteiger partial charge is 0.408 e. The van der Waals surface area contributed by atoms with Crippen molar-refractivity contribution >= 4 is 44.6 Å². The van der Waals surface area contributed by atoms with Gasteiger partial charge < -0.3 is 10.1 Å². The lowest BCUT2D eigenvalue weighted by Crippen LogP contribution is -2.53. The number of ether oxygens (including phenoxy) is 1. The van der Waals surface area contributed by atoms with Crippen LogP contribution in [-0.4, -0.2) is 40.7 Å². The molecule has 0 unspecified atom stereocenters. The maximum atomic E-state index is 12.2. The van der Waals surface area contributed by atoms with E-state index in [4.69, 9.17) is 4.74 Å². The Morgan fingerprint density at radius 1 is 1.29 bits per heavy atom. The topological polar surface area (TPSA) is 102 Å². The molecule has 2 amide bonds. The van der Waals surface area contributed by atoms with Crippen LogP contribution in [0, 0.1) is 0 Å². The summed E-state index contributed by atoms with van der Waals surface area (Å²) in [6, 6.07) is 0. The zero-order valence-corrected chi connectivity index (χ0v) is 15.1. The fraction of sp³-hybridized carbons (Fsp3) is 0.833. The van der Waals surface area contributed by atoms with Gasteiger partial charge in [0.25, 0.3) is 5.91 Å². The summed E-state index contributed by atoms with van der Waals surface area (Å²) < 4.78 is 30.7. The molecule has 2 N–H and O–H groups in total. The second-order valence-corrected chi connectivity index (χ2v) is 9.91. The minimum atomic E-state index is -3.62. The highest BCUT2D eigenvalue weighted by molar-refractivity contribution is 14.1. The highest BCUT2D eigenvalue weighted by Gasteiger charge is 2.61. The van der Waals surface area contributed by atoms with E-state index in [1.54, 1.807) is 20.8 Å². The van der Waals surface area contributed by atoms with Gasteiger partial charge in [-0.25, -0.2) is 13.2 Å². The van der Waals surface area contributed by atoms with Crippen LogP contribution >= 0.6 is 22.6 Å². The number of hydrogen-bond acceptors (Lipinski definition) is 5. The van der Waals surface area contributed by atoms with Gasteiger partial charge in [0, 0.05) is 3.92 Å². The molecule has 2 atom stereocenters. The van der Waals surface area contributed by atoms with Gasteiger partial charge >= 0.3 is 6.09 Å². The predicted molar refractivity (Wildman–Crippen MR) is 84.6 cm³/mol. The fourth-order valence-corrected chi connectivity index (χ4v) is 4.31. The van der Waals surface area contributed by atoms with Crippen LogP contribution in [0.4, 0.5) is 4.79 Å². The summed E-state index contributed by atoms with van der Waals surface area (Å²) >= 11 is 2.01. The van der Waals surface area contributed by atoms with E-state index < -0.39 is 38.4 Å². The van der Waals surface area contributed by atoms with E-state index in [1.807, 2.05) is 22.6 Å². The highest BCUT2D eigenvalue weighted by atomic mass is 127. The van der Waals surface area contributed by atoms with Crippen molar-refractivity contribution in [2.45, 2.75) is 60.3 Å². The van der Waals surface area contributed by atoms with Gasteiger partial charge in [0.1, 0.15) is 11.1 Å². The Hall–Kier alpha value is -0.580. The van der Waals surface area contributed by atoms with Crippen LogP contribution in [0.3, 0.4) is 0 Å². The number of nitrogens with one attached hydrogen (secondary N) is 2. The van der Waals surface area contributed by atoms with E-state index >= 15 is 0 Å². The standard InChI is InChI=1S/C12H19IN2O5S/c1-11(2,3)20-10(17)14-12(6-8(12)13)9(16)15-21(18,19)7-4-5-7/h7-8H,4-6H2,1-3H3,(H,14,17)(H,15,16)/t8-,12-/m1/s1. The van der Waals surface area contributed by atoms with Gasteiger partial charge in [-0.15, -0.1) is 0 Å². The maximum absolute atomic E-state index is 12.2. The molecule has 0 spiro atoms. The van der Waals surface area contributed by atoms with Crippen LogP contribution in [-0.2, 0) is 19.6 Å². The number of rotatable bonds is 4. The molecule has 120 valence electrons. The van der Waals surface area contributed by atoms with Gasteiger partial charge in [0.15, 0.2) is 0 Å². The van der Waals surface area contributed by atoms with E-state index in [9.17, 15) is 18.0 Å². The molecular formula is C12H19IN2O5S. The Kier molecular flexibility index (Phi) is 4.20. The summed E-state index contributed by atoms with van der Waals surface area (Å²) in [7, 11) is -3.62. The number of halogens is 1. The van der Waals surface area contributed by atoms with E-state index in [0.717, 1.165) is 0 Å². The molecule has 0 aromatic carbocycles. The van der Waals surface area contributed by atoms with Gasteiger partial charge in [0.2, 0.25) is 10.0 Å². The molecule has 2 aliphatic rings. The second kappa shape index (κ2) is 5.25. The third-order valence-electron chi connectivity index (χ3n) is 3.20. The Balaban J connectivity index is 2.01. The fourth-order valence-electron chi connectivity index (χ4n) is 1.81. The first-order valence-corrected chi connectivity index (χ1v) is 9.47. The lowest BCUT2D eigenvalue weighted by Gasteiger charge is -2.23. The molecule has 0 aromatic rings. The molecule has 2 rings (SSSR count). The third kappa shape index (κ3) is 3.99. The number of carbonyl (C=O) groups is 2. The summed E-state index contributed by atoms with van der Waals surface area (Å²) in [4.78, 5) is 24.0. The number of carbonyl (C=O) groups excluding carboxylic acids is 2. The van der Waals surface area contributed by atoms with Crippen LogP contribution in [0.15, 0.2) is 0 Å². The normalized spacial score (nSPS) is 28.7. The molecule has 0 heterocycles. The molecular weight excluding hydrogens is 411 g/mol. The first kappa shape index (κ1) is 16.8. The molecule has 0 radical (unpaired) electrons. The third-order valence-corrected chi connectivity index (χ3v) is 6.53. The maximum Gasteiger partial charge on any atom is 0.408 e. The monoisotopic (exact) mass is 430 g/mol. The van der Waals surface area contributed by atoms with Crippen molar-refractivity contribution in [3.63, 3.8) is 0 Å². The van der Waals surface area contributed by atoms with E-state index in [2.05, 4.69) is 10.0 Å². The average molecular weight is 430 g/mol. The average Bonchev–Trinajstić information content (AvgIpc) is 3.11. The molecule has 0 aliphatic heterocycles. The molecule has 0 saturated heterocycles. The number of amides is 2. The summed E-state index contributed by atoms with van der Waals surface area (Å²) in [6.07, 6.45) is 0.810. The summed E-state index contributed by atoms with van der Waals surface area (Å²) in [6.45, 7) is 5.14. The van der Waals surface area contributed by atoms with E-state index in [0.29, 0.717) is 19.3 Å². The zero-order valence-electron chi connectivity index (χ0n) is 12.1. The van der Waals surface area contributed by atoms with Crippen molar-refractivity contribution in [3.8, 4) is 0 Å². The van der Waals surface area contributed by atoms with Crippen LogP contribution in [0.5, 0.6) is 0 Å². The van der Waals surface area contributed by atoms with Crippen molar-refractivity contribution < 1.29 is 22.7 Å². The Morgan fingerprint density at radius 3 is 2.19 bits per heavy atom. The van der Waals surface area contributed by atoms with E-state index in [1.165, 1.54) is 0 Å². The second-order valence-electron chi connectivity index (χ2n) is 6.45. The van der Waals surface area contributed by atoms with Crippen LogP contribution in [0.25, 0.3) is 0 Å². The van der Waals surface area contributed by atoms with Gasteiger partial charge in [-0.3, -0.25) is 9.52 Å². The number of alkyl halides is 1. The van der Waals surface area contributed by atoms with Crippen molar-refractivity contribution in [1.82, 2.24) is 10.0 Å². The minimum absolute atomic E-state index is 0.156. The summed E-state index contributed by atoms with van der Waals surface area (Å²) in [5, 5.41) is 2.03. The van der Waals surface area contributed by atoms with Crippen molar-refractivity contribution in [3.05, 3.63) is 0 Å². The molecule has 7 nitrogen and oxygen atoms in total. The predicted octanol–water partition coefficient (Wildman–Crippen LogP) is 1.07. The molecule has 21 heavy (non-hydrogen) atoms. The van der Waals surface area contributed by atoms with Gasteiger partial charge in [-0.05, 0) is 40.0 Å². The molecule has 0 aromatic heterocycles. The van der Waals surface area contributed by atoms with Gasteiger partial charge in [-0.1, -0.05) is 22.6 Å². The van der Waals surface area contributed by atoms with Crippen LogP contribution in [0.2, 0.25) is 0 Å². The SMILES string of the molecule is CC(C)(C)OC(=O)N[C@]1(C(=O)NS(=O)(=O)C2CC2)C[C@H]1I. The number of hydrogen-bond donors (Lipinski definition) is 2. The zero-order chi connectivity index (χ0) is 16.1. The first-order chi connectivity index (χ1) is 9.46. The lowest BCUT2D eigenvalue weighted by molar-refractivity contribution is -0.122. The molecule has 2 fully saturated rings.